The lowest BCUT2D eigenvalue weighted by molar-refractivity contribution is -0.119. The van der Waals surface area contributed by atoms with Gasteiger partial charge in [-0.2, -0.15) is 13.2 Å². The van der Waals surface area contributed by atoms with Crippen LogP contribution in [0.15, 0.2) is 18.3 Å². The van der Waals surface area contributed by atoms with Gasteiger partial charge >= 0.3 is 6.18 Å². The minimum Gasteiger partial charge on any atom is -0.361 e. The number of anilines is 1. The van der Waals surface area contributed by atoms with Crippen LogP contribution in [0.1, 0.15) is 38.4 Å². The molecule has 0 saturated heterocycles. The topological polar surface area (TPSA) is 28.2 Å². The van der Waals surface area contributed by atoms with Crippen LogP contribution >= 0.6 is 0 Å². The Bertz CT molecular complexity index is 386. The summed E-state index contributed by atoms with van der Waals surface area (Å²) in [5.41, 5.74) is 1.36. The van der Waals surface area contributed by atoms with Crippen molar-refractivity contribution in [1.82, 2.24) is 10.3 Å². The second-order valence-corrected chi connectivity index (χ2v) is 4.73. The Morgan fingerprint density at radius 1 is 1.30 bits per heavy atom. The molecule has 0 aliphatic carbocycles. The number of pyridine rings is 1. The highest BCUT2D eigenvalue weighted by molar-refractivity contribution is 5.45. The predicted molar refractivity (Wildman–Crippen MR) is 74.9 cm³/mol. The molecular weight excluding hydrogens is 267 g/mol. The number of nitrogens with zero attached hydrogens (tertiary/aromatic N) is 2. The van der Waals surface area contributed by atoms with E-state index in [1.54, 1.807) is 12.1 Å². The highest BCUT2D eigenvalue weighted by atomic mass is 19.4. The van der Waals surface area contributed by atoms with Gasteiger partial charge in [0, 0.05) is 12.6 Å². The van der Waals surface area contributed by atoms with Crippen LogP contribution in [0.25, 0.3) is 0 Å². The molecule has 1 rings (SSSR count). The number of alkyl halides is 3. The molecule has 114 valence electrons. The van der Waals surface area contributed by atoms with Gasteiger partial charge in [0.15, 0.2) is 0 Å². The van der Waals surface area contributed by atoms with Crippen molar-refractivity contribution in [3.8, 4) is 0 Å². The van der Waals surface area contributed by atoms with Crippen LogP contribution in [-0.4, -0.2) is 31.3 Å². The minimum absolute atomic E-state index is 0.131. The fourth-order valence-electron chi connectivity index (χ4n) is 2.14. The Hall–Kier alpha value is -1.30. The predicted octanol–water partition coefficient (Wildman–Crippen LogP) is 3.53. The van der Waals surface area contributed by atoms with Gasteiger partial charge in [0.2, 0.25) is 0 Å². The second-order valence-electron chi connectivity index (χ2n) is 4.73. The van der Waals surface area contributed by atoms with Crippen molar-refractivity contribution < 1.29 is 13.2 Å². The number of nitrogens with one attached hydrogen (secondary N) is 1. The van der Waals surface area contributed by atoms with Crippen molar-refractivity contribution in [2.24, 2.45) is 0 Å². The maximum absolute atomic E-state index is 12.6. The molecule has 1 aromatic heterocycles. The van der Waals surface area contributed by atoms with Gasteiger partial charge in [0.05, 0.1) is 17.6 Å². The van der Waals surface area contributed by atoms with Gasteiger partial charge in [-0.15, -0.1) is 0 Å². The molecule has 1 N–H and O–H groups in total. The van der Waals surface area contributed by atoms with Crippen molar-refractivity contribution in [2.75, 3.05) is 25.0 Å². The highest BCUT2D eigenvalue weighted by Crippen LogP contribution is 2.23. The molecule has 1 aromatic rings. The summed E-state index contributed by atoms with van der Waals surface area (Å²) >= 11 is 0. The summed E-state index contributed by atoms with van der Waals surface area (Å²) < 4.78 is 37.7. The van der Waals surface area contributed by atoms with Crippen LogP contribution in [0.4, 0.5) is 18.9 Å². The van der Waals surface area contributed by atoms with Crippen LogP contribution < -0.4 is 10.2 Å². The van der Waals surface area contributed by atoms with Gasteiger partial charge in [-0.25, -0.2) is 0 Å². The van der Waals surface area contributed by atoms with Gasteiger partial charge in [-0.1, -0.05) is 13.8 Å². The maximum Gasteiger partial charge on any atom is 0.405 e. The monoisotopic (exact) mass is 289 g/mol. The van der Waals surface area contributed by atoms with Crippen molar-refractivity contribution in [2.45, 2.75) is 38.9 Å². The summed E-state index contributed by atoms with van der Waals surface area (Å²) in [7, 11) is 1.84. The van der Waals surface area contributed by atoms with Crippen LogP contribution in [0.3, 0.4) is 0 Å². The number of halogens is 3. The summed E-state index contributed by atoms with van der Waals surface area (Å²) in [6, 6.07) is 3.63. The third-order valence-corrected chi connectivity index (χ3v) is 3.11. The Morgan fingerprint density at radius 3 is 2.40 bits per heavy atom. The van der Waals surface area contributed by atoms with Gasteiger partial charge in [-0.05, 0) is 32.0 Å². The molecule has 6 heteroatoms. The summed E-state index contributed by atoms with van der Waals surface area (Å²) in [4.78, 5) is 5.60. The van der Waals surface area contributed by atoms with Crippen LogP contribution in [0.2, 0.25) is 0 Å². The number of hydrogen-bond donors (Lipinski definition) is 1. The summed E-state index contributed by atoms with van der Waals surface area (Å²) in [5, 5.41) is 3.12. The molecule has 3 nitrogen and oxygen atoms in total. The van der Waals surface area contributed by atoms with Gasteiger partial charge in [0.1, 0.15) is 6.54 Å². The summed E-state index contributed by atoms with van der Waals surface area (Å²) in [5.74, 6) is 0. The molecule has 0 radical (unpaired) electrons. The minimum atomic E-state index is -4.20. The first kappa shape index (κ1) is 16.8. The van der Waals surface area contributed by atoms with Crippen molar-refractivity contribution in [1.29, 1.82) is 0 Å². The SMILES string of the molecule is CCCN(CC(F)(F)F)c1ccc(C(CC)NC)nc1. The zero-order valence-electron chi connectivity index (χ0n) is 12.2. The fourth-order valence-corrected chi connectivity index (χ4v) is 2.14. The van der Waals surface area contributed by atoms with E-state index in [9.17, 15) is 13.2 Å². The molecular formula is C14H22F3N3. The van der Waals surface area contributed by atoms with Crippen molar-refractivity contribution >= 4 is 5.69 Å². The molecule has 0 saturated carbocycles. The first-order valence-corrected chi connectivity index (χ1v) is 6.86. The highest BCUT2D eigenvalue weighted by Gasteiger charge is 2.30. The zero-order valence-corrected chi connectivity index (χ0v) is 12.2. The number of aromatic nitrogens is 1. The fraction of sp³-hybridized carbons (Fsp3) is 0.643. The van der Waals surface area contributed by atoms with E-state index in [0.717, 1.165) is 12.1 Å². The molecule has 1 heterocycles. The first-order chi connectivity index (χ1) is 9.41. The molecule has 0 spiro atoms. The Labute approximate surface area is 118 Å². The standard InChI is InChI=1S/C14H22F3N3/c1-4-8-20(10-14(15,16)17)11-6-7-13(19-9-11)12(5-2)18-3/h6-7,9,12,18H,4-5,8,10H2,1-3H3. The maximum atomic E-state index is 12.6. The molecule has 0 aliphatic rings. The molecule has 0 aromatic carbocycles. The third kappa shape index (κ3) is 5.00. The molecule has 0 aliphatic heterocycles. The van der Waals surface area contributed by atoms with Gasteiger partial charge in [0.25, 0.3) is 0 Å². The molecule has 1 atom stereocenters. The molecule has 0 amide bonds. The summed E-state index contributed by atoms with van der Waals surface area (Å²) in [6.07, 6.45) is -1.14. The molecule has 0 fully saturated rings. The van der Waals surface area contributed by atoms with Gasteiger partial charge < -0.3 is 10.2 Å². The zero-order chi connectivity index (χ0) is 15.2. The van der Waals surface area contributed by atoms with Gasteiger partial charge in [-0.3, -0.25) is 4.98 Å². The van der Waals surface area contributed by atoms with E-state index in [-0.39, 0.29) is 6.04 Å². The van der Waals surface area contributed by atoms with E-state index < -0.39 is 12.7 Å². The first-order valence-electron chi connectivity index (χ1n) is 6.86. The lowest BCUT2D eigenvalue weighted by atomic mass is 10.1. The summed E-state index contributed by atoms with van der Waals surface area (Å²) in [6.45, 7) is 3.32. The van der Waals surface area contributed by atoms with Crippen LogP contribution in [0, 0.1) is 0 Å². The Morgan fingerprint density at radius 2 is 2.00 bits per heavy atom. The molecule has 1 unspecified atom stereocenters. The Kier molecular flexibility index (Phi) is 6.26. The van der Waals surface area contributed by atoms with Crippen LogP contribution in [-0.2, 0) is 0 Å². The largest absolute Gasteiger partial charge is 0.405 e. The second kappa shape index (κ2) is 7.47. The number of rotatable bonds is 7. The average molecular weight is 289 g/mol. The third-order valence-electron chi connectivity index (χ3n) is 3.11. The van der Waals surface area contributed by atoms with Crippen molar-refractivity contribution in [3.63, 3.8) is 0 Å². The molecule has 0 bridgehead atoms. The lowest BCUT2D eigenvalue weighted by Crippen LogP contribution is -2.35. The molecule has 20 heavy (non-hydrogen) atoms. The van der Waals surface area contributed by atoms with Crippen LogP contribution in [0.5, 0.6) is 0 Å². The van der Waals surface area contributed by atoms with E-state index >= 15 is 0 Å². The van der Waals surface area contributed by atoms with E-state index in [1.165, 1.54) is 11.1 Å². The smallest absolute Gasteiger partial charge is 0.361 e. The van der Waals surface area contributed by atoms with Crippen molar-refractivity contribution in [3.05, 3.63) is 24.0 Å². The van der Waals surface area contributed by atoms with E-state index in [0.29, 0.717) is 18.7 Å². The Balaban J connectivity index is 2.87. The van der Waals surface area contributed by atoms with E-state index in [1.807, 2.05) is 20.9 Å². The lowest BCUT2D eigenvalue weighted by Gasteiger charge is -2.25. The normalized spacial score (nSPS) is 13.3. The quantitative estimate of drug-likeness (QED) is 0.832. The van der Waals surface area contributed by atoms with E-state index in [2.05, 4.69) is 10.3 Å². The number of hydrogen-bond acceptors (Lipinski definition) is 3. The van der Waals surface area contributed by atoms with E-state index in [4.69, 9.17) is 0 Å². The average Bonchev–Trinajstić information content (AvgIpc) is 2.39.